The normalized spacial score (nSPS) is 21.0. The average molecular weight is 436 g/mol. The third-order valence-corrected chi connectivity index (χ3v) is 5.71. The van der Waals surface area contributed by atoms with E-state index in [1.54, 1.807) is 17.0 Å². The number of ether oxygens (including phenoxy) is 1. The maximum absolute atomic E-state index is 13.3. The minimum atomic E-state index is -0.923. The van der Waals surface area contributed by atoms with Crippen LogP contribution in [0.4, 0.5) is 9.18 Å². The highest BCUT2D eigenvalue weighted by atomic mass is 79.9. The van der Waals surface area contributed by atoms with Gasteiger partial charge in [-0.15, -0.1) is 0 Å². The molecule has 0 saturated carbocycles. The zero-order valence-electron chi connectivity index (χ0n) is 15.2. The number of rotatable bonds is 6. The van der Waals surface area contributed by atoms with Crippen LogP contribution in [0.3, 0.4) is 0 Å². The molecule has 1 aliphatic rings. The van der Waals surface area contributed by atoms with E-state index < -0.39 is 11.7 Å². The van der Waals surface area contributed by atoms with Gasteiger partial charge in [0.25, 0.3) is 0 Å². The highest BCUT2D eigenvalue weighted by Gasteiger charge is 2.43. The van der Waals surface area contributed by atoms with Crippen molar-refractivity contribution in [3.05, 3.63) is 69.9 Å². The number of carbonyl (C=O) groups is 1. The van der Waals surface area contributed by atoms with E-state index in [1.807, 2.05) is 31.2 Å². The first-order valence-corrected chi connectivity index (χ1v) is 9.90. The summed E-state index contributed by atoms with van der Waals surface area (Å²) in [4.78, 5) is 14.6. The molecule has 4 nitrogen and oxygen atoms in total. The molecule has 0 bridgehead atoms. The summed E-state index contributed by atoms with van der Waals surface area (Å²) in [6, 6.07) is 13.8. The smallest absolute Gasteiger partial charge is 0.411 e. The van der Waals surface area contributed by atoms with E-state index >= 15 is 0 Å². The maximum Gasteiger partial charge on any atom is 0.411 e. The van der Waals surface area contributed by atoms with Crippen LogP contribution < -0.4 is 0 Å². The fourth-order valence-electron chi connectivity index (χ4n) is 3.73. The number of halogens is 2. The van der Waals surface area contributed by atoms with Gasteiger partial charge in [-0.05, 0) is 41.8 Å². The minimum absolute atomic E-state index is 0.0778. The molecule has 1 fully saturated rings. The van der Waals surface area contributed by atoms with Crippen molar-refractivity contribution >= 4 is 22.0 Å². The van der Waals surface area contributed by atoms with Gasteiger partial charge < -0.3 is 14.7 Å². The average Bonchev–Trinajstić information content (AvgIpc) is 2.66. The summed E-state index contributed by atoms with van der Waals surface area (Å²) < 4.78 is 20.2. The third-order valence-electron chi connectivity index (χ3n) is 5.18. The molecule has 3 rings (SSSR count). The molecule has 1 aliphatic heterocycles. The van der Waals surface area contributed by atoms with E-state index in [4.69, 9.17) is 4.74 Å². The number of aliphatic hydroxyl groups excluding tert-OH is 1. The van der Waals surface area contributed by atoms with E-state index in [0.29, 0.717) is 18.5 Å². The molecule has 6 heteroatoms. The molecule has 1 amide bonds. The monoisotopic (exact) mass is 435 g/mol. The molecular weight excluding hydrogens is 413 g/mol. The third kappa shape index (κ3) is 4.17. The largest absolute Gasteiger partial charge is 0.438 e. The SMILES string of the molecule is CC[C@@H](c1ccc(Br)cc1)N1CC[C@](CCO)(c2ccc(F)cc2)OC1=O. The number of hydrogen-bond acceptors (Lipinski definition) is 3. The van der Waals surface area contributed by atoms with Crippen LogP contribution in [0, 0.1) is 5.82 Å². The van der Waals surface area contributed by atoms with Crippen molar-refractivity contribution in [2.75, 3.05) is 13.2 Å². The number of carbonyl (C=O) groups excluding carboxylic acids is 1. The number of hydrogen-bond donors (Lipinski definition) is 1. The standard InChI is InChI=1S/C21H23BrFNO3/c1-2-19(15-3-7-17(22)8-4-15)24-13-11-21(12-14-25,27-20(24)26)16-5-9-18(23)10-6-16/h3-10,19,25H,2,11-14H2,1H3/t19-,21-/m0/s1. The molecule has 1 saturated heterocycles. The van der Waals surface area contributed by atoms with Crippen LogP contribution in [0.2, 0.25) is 0 Å². The van der Waals surface area contributed by atoms with Crippen molar-refractivity contribution in [3.8, 4) is 0 Å². The number of benzene rings is 2. The lowest BCUT2D eigenvalue weighted by atomic mass is 9.85. The molecule has 1 heterocycles. The van der Waals surface area contributed by atoms with Gasteiger partial charge in [0.15, 0.2) is 0 Å². The second-order valence-corrected chi connectivity index (χ2v) is 7.68. The molecule has 0 radical (unpaired) electrons. The quantitative estimate of drug-likeness (QED) is 0.681. The van der Waals surface area contributed by atoms with Crippen molar-refractivity contribution < 1.29 is 19.0 Å². The summed E-state index contributed by atoms with van der Waals surface area (Å²) in [5, 5.41) is 9.53. The Morgan fingerprint density at radius 1 is 1.22 bits per heavy atom. The molecule has 2 atom stereocenters. The predicted molar refractivity (Wildman–Crippen MR) is 105 cm³/mol. The first-order valence-electron chi connectivity index (χ1n) is 9.11. The lowest BCUT2D eigenvalue weighted by Gasteiger charge is -2.44. The molecule has 0 unspecified atom stereocenters. The van der Waals surface area contributed by atoms with Gasteiger partial charge in [0.05, 0.1) is 6.04 Å². The number of aliphatic hydroxyl groups is 1. The van der Waals surface area contributed by atoms with E-state index in [-0.39, 0.29) is 24.9 Å². The predicted octanol–water partition coefficient (Wildman–Crippen LogP) is 5.16. The van der Waals surface area contributed by atoms with Crippen LogP contribution >= 0.6 is 15.9 Å². The highest BCUT2D eigenvalue weighted by Crippen LogP contribution is 2.40. The van der Waals surface area contributed by atoms with Gasteiger partial charge in [-0.1, -0.05) is 47.1 Å². The van der Waals surface area contributed by atoms with Crippen LogP contribution in [-0.2, 0) is 10.3 Å². The van der Waals surface area contributed by atoms with Crippen LogP contribution in [0.15, 0.2) is 53.0 Å². The number of nitrogens with zero attached hydrogens (tertiary/aromatic N) is 1. The zero-order valence-corrected chi connectivity index (χ0v) is 16.8. The Kier molecular flexibility index (Phi) is 6.17. The molecule has 1 N–H and O–H groups in total. The Balaban J connectivity index is 1.85. The molecule has 0 aromatic heterocycles. The van der Waals surface area contributed by atoms with E-state index in [1.165, 1.54) is 12.1 Å². The second kappa shape index (κ2) is 8.40. The lowest BCUT2D eigenvalue weighted by molar-refractivity contribution is -0.0734. The van der Waals surface area contributed by atoms with Gasteiger partial charge in [0.1, 0.15) is 11.4 Å². The van der Waals surface area contributed by atoms with Gasteiger partial charge in [-0.25, -0.2) is 9.18 Å². The van der Waals surface area contributed by atoms with Gasteiger partial charge in [0, 0.05) is 30.5 Å². The van der Waals surface area contributed by atoms with Crippen LogP contribution in [0.25, 0.3) is 0 Å². The Morgan fingerprint density at radius 2 is 1.89 bits per heavy atom. The maximum atomic E-state index is 13.3. The first kappa shape index (κ1) is 19.8. The summed E-state index contributed by atoms with van der Waals surface area (Å²) in [6.45, 7) is 2.43. The lowest BCUT2D eigenvalue weighted by Crippen LogP contribution is -2.49. The van der Waals surface area contributed by atoms with Crippen molar-refractivity contribution in [2.45, 2.75) is 37.8 Å². The Bertz CT molecular complexity index is 781. The molecule has 2 aromatic carbocycles. The summed E-state index contributed by atoms with van der Waals surface area (Å²) in [5.41, 5.74) is 0.838. The molecule has 2 aromatic rings. The fraction of sp³-hybridized carbons (Fsp3) is 0.381. The molecular formula is C21H23BrFNO3. The van der Waals surface area contributed by atoms with E-state index in [2.05, 4.69) is 15.9 Å². The van der Waals surface area contributed by atoms with Crippen molar-refractivity contribution in [1.29, 1.82) is 0 Å². The topological polar surface area (TPSA) is 49.8 Å². The van der Waals surface area contributed by atoms with E-state index in [9.17, 15) is 14.3 Å². The van der Waals surface area contributed by atoms with Crippen LogP contribution in [0.5, 0.6) is 0 Å². The second-order valence-electron chi connectivity index (χ2n) is 6.76. The van der Waals surface area contributed by atoms with Crippen molar-refractivity contribution in [3.63, 3.8) is 0 Å². The van der Waals surface area contributed by atoms with Gasteiger partial charge in [-0.3, -0.25) is 0 Å². The summed E-state index contributed by atoms with van der Waals surface area (Å²) in [5.74, 6) is -0.344. The summed E-state index contributed by atoms with van der Waals surface area (Å²) >= 11 is 3.43. The number of amides is 1. The van der Waals surface area contributed by atoms with Gasteiger partial charge in [0.2, 0.25) is 0 Å². The first-order chi connectivity index (χ1) is 13.0. The van der Waals surface area contributed by atoms with E-state index in [0.717, 1.165) is 16.5 Å². The summed E-state index contributed by atoms with van der Waals surface area (Å²) in [7, 11) is 0. The fourth-order valence-corrected chi connectivity index (χ4v) is 4.00. The Hall–Kier alpha value is -1.92. The highest BCUT2D eigenvalue weighted by molar-refractivity contribution is 9.10. The molecule has 144 valence electrons. The van der Waals surface area contributed by atoms with Crippen LogP contribution in [-0.4, -0.2) is 29.3 Å². The van der Waals surface area contributed by atoms with Gasteiger partial charge >= 0.3 is 6.09 Å². The molecule has 27 heavy (non-hydrogen) atoms. The van der Waals surface area contributed by atoms with Crippen molar-refractivity contribution in [2.24, 2.45) is 0 Å². The summed E-state index contributed by atoms with van der Waals surface area (Å²) in [6.07, 6.45) is 1.18. The van der Waals surface area contributed by atoms with Crippen molar-refractivity contribution in [1.82, 2.24) is 4.90 Å². The molecule has 0 spiro atoms. The zero-order chi connectivity index (χ0) is 19.4. The molecule has 0 aliphatic carbocycles. The Labute approximate surface area is 167 Å². The van der Waals surface area contributed by atoms with Gasteiger partial charge in [-0.2, -0.15) is 0 Å². The minimum Gasteiger partial charge on any atom is -0.438 e. The van der Waals surface area contributed by atoms with Crippen LogP contribution in [0.1, 0.15) is 43.4 Å². The Morgan fingerprint density at radius 3 is 2.44 bits per heavy atom. The number of cyclic esters (lactones) is 1.